The van der Waals surface area contributed by atoms with Crippen LogP contribution in [0.3, 0.4) is 0 Å². The highest BCUT2D eigenvalue weighted by Crippen LogP contribution is 2.18. The van der Waals surface area contributed by atoms with E-state index in [1.54, 1.807) is 26.8 Å². The summed E-state index contributed by atoms with van der Waals surface area (Å²) in [6.07, 6.45) is 1.47. The largest absolute Gasteiger partial charge is 0.591 e. The van der Waals surface area contributed by atoms with Crippen molar-refractivity contribution in [1.29, 1.82) is 0 Å². The Morgan fingerprint density at radius 2 is 2.31 bits per heavy atom. The molecule has 1 aromatic heterocycles. The molecule has 0 spiro atoms. The summed E-state index contributed by atoms with van der Waals surface area (Å²) in [7, 11) is 0. The van der Waals surface area contributed by atoms with E-state index in [9.17, 15) is 4.55 Å². The highest BCUT2D eigenvalue weighted by Gasteiger charge is 2.26. The molecule has 0 aliphatic rings. The van der Waals surface area contributed by atoms with Crippen molar-refractivity contribution < 1.29 is 8.67 Å². The smallest absolute Gasteiger partial charge is 0.144 e. The molecule has 88 valence electrons. The number of nitrogens with zero attached hydrogens (tertiary/aromatic N) is 2. The lowest BCUT2D eigenvalue weighted by atomic mass is 10.2. The van der Waals surface area contributed by atoms with Crippen molar-refractivity contribution in [3.8, 4) is 0 Å². The van der Waals surface area contributed by atoms with Crippen LogP contribution in [0.25, 0.3) is 0 Å². The Bertz CT molecular complexity index is 486. The molecule has 1 unspecified atom stereocenters. The van der Waals surface area contributed by atoms with Crippen molar-refractivity contribution in [3.63, 3.8) is 0 Å². The van der Waals surface area contributed by atoms with Crippen molar-refractivity contribution in [2.24, 2.45) is 4.40 Å². The third-order valence-corrected chi connectivity index (χ3v) is 3.53. The van der Waals surface area contributed by atoms with Crippen LogP contribution in [-0.2, 0) is 11.4 Å². The first-order valence-corrected chi connectivity index (χ1v) is 6.55. The van der Waals surface area contributed by atoms with Gasteiger partial charge in [0.15, 0.2) is 0 Å². The van der Waals surface area contributed by atoms with E-state index in [4.69, 9.17) is 4.11 Å². The molecule has 0 saturated heterocycles. The minimum absolute atomic E-state index is 0.163. The van der Waals surface area contributed by atoms with E-state index < -0.39 is 23.0 Å². The van der Waals surface area contributed by atoms with Gasteiger partial charge in [-0.15, -0.1) is 0 Å². The van der Waals surface area contributed by atoms with Gasteiger partial charge >= 0.3 is 0 Å². The zero-order chi connectivity index (χ0) is 14.8. The number of hydrogen-bond acceptors (Lipinski definition) is 3. The number of rotatable bonds is 2. The number of halogens is 1. The summed E-state index contributed by atoms with van der Waals surface area (Å²) in [5.41, 5.74) is 0.225. The van der Waals surface area contributed by atoms with E-state index in [2.05, 4.69) is 25.3 Å². The second kappa shape index (κ2) is 5.29. The van der Waals surface area contributed by atoms with E-state index in [1.165, 1.54) is 12.3 Å². The lowest BCUT2D eigenvalue weighted by Crippen LogP contribution is -2.26. The molecule has 0 amide bonds. The molecule has 5 heteroatoms. The molecule has 0 radical (unpaired) electrons. The molecule has 0 aromatic carbocycles. The number of hydrogen-bond donors (Lipinski definition) is 0. The fourth-order valence-corrected chi connectivity index (χ4v) is 1.73. The minimum Gasteiger partial charge on any atom is -0.591 e. The van der Waals surface area contributed by atoms with E-state index in [-0.39, 0.29) is 5.71 Å². The molecule has 0 bridgehead atoms. The predicted molar refractivity (Wildman–Crippen MR) is 72.0 cm³/mol. The summed E-state index contributed by atoms with van der Waals surface area (Å²) in [6.45, 7) is 2.80. The predicted octanol–water partition coefficient (Wildman–Crippen LogP) is 3.12. The van der Waals surface area contributed by atoms with Gasteiger partial charge in [-0.3, -0.25) is 0 Å². The van der Waals surface area contributed by atoms with Crippen LogP contribution in [0, 0.1) is 0 Å². The van der Waals surface area contributed by atoms with Crippen molar-refractivity contribution in [1.82, 2.24) is 4.98 Å². The normalized spacial score (nSPS) is 18.6. The van der Waals surface area contributed by atoms with Crippen LogP contribution in [0.1, 0.15) is 37.3 Å². The Kier molecular flexibility index (Phi) is 3.18. The summed E-state index contributed by atoms with van der Waals surface area (Å²) in [5.74, 6) is 0. The second-order valence-corrected chi connectivity index (χ2v) is 6.89. The summed E-state index contributed by atoms with van der Waals surface area (Å²) >= 11 is 1.55. The molecular formula is C11H15BrN2OS. The maximum absolute atomic E-state index is 12.0. The van der Waals surface area contributed by atoms with Crippen LogP contribution >= 0.6 is 15.9 Å². The summed E-state index contributed by atoms with van der Waals surface area (Å²) in [4.78, 5) is 3.93. The van der Waals surface area contributed by atoms with Crippen molar-refractivity contribution in [3.05, 3.63) is 28.5 Å². The lowest BCUT2D eigenvalue weighted by molar-refractivity contribution is 0.561. The molecule has 0 fully saturated rings. The van der Waals surface area contributed by atoms with Gasteiger partial charge in [-0.05, 0) is 55.7 Å². The standard InChI is InChI=1S/C11H15BrN2OS/c1-8(14-16(15)11(2,3)4)9-5-6-13-10(12)7-9/h5-7H,1-4H3/i1D3. The SMILES string of the molecule is [2H]C([2H])([2H])C(=N[S+]([O-])C(C)(C)C)c1ccnc(Br)c1. The summed E-state index contributed by atoms with van der Waals surface area (Å²) < 4.78 is 38.4. The first kappa shape index (κ1) is 9.62. The molecule has 1 rings (SSSR count). The lowest BCUT2D eigenvalue weighted by Gasteiger charge is -2.18. The Morgan fingerprint density at radius 1 is 1.62 bits per heavy atom. The van der Waals surface area contributed by atoms with Crippen LogP contribution in [0.5, 0.6) is 0 Å². The van der Waals surface area contributed by atoms with Crippen molar-refractivity contribution in [2.75, 3.05) is 0 Å². The van der Waals surface area contributed by atoms with Gasteiger partial charge in [0.25, 0.3) is 0 Å². The molecular weight excluding hydrogens is 288 g/mol. The van der Waals surface area contributed by atoms with Crippen LogP contribution in [0.4, 0.5) is 0 Å². The van der Waals surface area contributed by atoms with E-state index >= 15 is 0 Å². The van der Waals surface area contributed by atoms with Crippen LogP contribution in [0.15, 0.2) is 27.3 Å². The monoisotopic (exact) mass is 305 g/mol. The molecule has 1 heterocycles. The first-order chi connectivity index (χ1) is 8.51. The highest BCUT2D eigenvalue weighted by atomic mass is 79.9. The van der Waals surface area contributed by atoms with Crippen LogP contribution in [0.2, 0.25) is 0 Å². The van der Waals surface area contributed by atoms with E-state index in [0.29, 0.717) is 10.2 Å². The summed E-state index contributed by atoms with van der Waals surface area (Å²) in [5, 5.41) is 0. The van der Waals surface area contributed by atoms with E-state index in [1.807, 2.05) is 0 Å². The maximum atomic E-state index is 12.0. The second-order valence-electron chi connectivity index (χ2n) is 4.17. The molecule has 1 aromatic rings. The Hall–Kier alpha value is -0.390. The van der Waals surface area contributed by atoms with Gasteiger partial charge in [-0.25, -0.2) is 4.98 Å². The summed E-state index contributed by atoms with van der Waals surface area (Å²) in [6, 6.07) is 3.08. The Morgan fingerprint density at radius 3 is 2.81 bits per heavy atom. The van der Waals surface area contributed by atoms with Gasteiger partial charge in [-0.2, -0.15) is 0 Å². The third-order valence-electron chi connectivity index (χ3n) is 1.70. The highest BCUT2D eigenvalue weighted by molar-refractivity contribution is 9.10. The van der Waals surface area contributed by atoms with Crippen molar-refractivity contribution in [2.45, 2.75) is 32.4 Å². The molecule has 0 saturated carbocycles. The molecule has 0 N–H and O–H groups in total. The number of pyridine rings is 1. The van der Waals surface area contributed by atoms with Crippen LogP contribution < -0.4 is 0 Å². The van der Waals surface area contributed by atoms with Gasteiger partial charge in [0.1, 0.15) is 20.7 Å². The maximum Gasteiger partial charge on any atom is 0.144 e. The van der Waals surface area contributed by atoms with Crippen molar-refractivity contribution >= 4 is 33.0 Å². The van der Waals surface area contributed by atoms with Gasteiger partial charge in [0.05, 0.1) is 5.71 Å². The zero-order valence-electron chi connectivity index (χ0n) is 12.3. The molecule has 16 heavy (non-hydrogen) atoms. The van der Waals surface area contributed by atoms with Gasteiger partial charge < -0.3 is 4.55 Å². The fourth-order valence-electron chi connectivity index (χ4n) is 0.822. The fraction of sp³-hybridized carbons (Fsp3) is 0.455. The minimum atomic E-state index is -2.43. The van der Waals surface area contributed by atoms with Gasteiger partial charge in [0.2, 0.25) is 0 Å². The Balaban J connectivity index is 3.28. The molecule has 0 aliphatic heterocycles. The van der Waals surface area contributed by atoms with Gasteiger partial charge in [0, 0.05) is 15.9 Å². The zero-order valence-corrected chi connectivity index (χ0v) is 11.7. The topological polar surface area (TPSA) is 48.3 Å². The average Bonchev–Trinajstić information content (AvgIpc) is 2.22. The average molecular weight is 306 g/mol. The molecule has 0 aliphatic carbocycles. The first-order valence-electron chi connectivity index (χ1n) is 6.15. The van der Waals surface area contributed by atoms with E-state index in [0.717, 1.165) is 0 Å². The molecule has 1 atom stereocenters. The van der Waals surface area contributed by atoms with Gasteiger partial charge in [-0.1, -0.05) is 4.40 Å². The number of aromatic nitrogens is 1. The van der Waals surface area contributed by atoms with Crippen LogP contribution in [-0.4, -0.2) is 20.0 Å². The third kappa shape index (κ3) is 3.88. The molecule has 3 nitrogen and oxygen atoms in total. The Labute approximate surface area is 112 Å². The quantitative estimate of drug-likeness (QED) is 0.479.